The quantitative estimate of drug-likeness (QED) is 0.567. The third kappa shape index (κ3) is 4.05. The molecular weight excluding hydrogens is 438 g/mol. The Morgan fingerprint density at radius 2 is 1.91 bits per heavy atom. The summed E-state index contributed by atoms with van der Waals surface area (Å²) in [5.74, 6) is 0.577. The van der Waals surface area contributed by atoms with E-state index in [4.69, 9.17) is 16.0 Å². The van der Waals surface area contributed by atoms with Crippen molar-refractivity contribution in [1.82, 2.24) is 14.8 Å². The second kappa shape index (κ2) is 8.56. The number of aryl methyl sites for hydroxylation is 1. The fourth-order valence-corrected chi connectivity index (χ4v) is 5.42. The molecule has 1 saturated carbocycles. The maximum atomic E-state index is 13.7. The number of rotatable bonds is 5. The first kappa shape index (κ1) is 22.1. The second-order valence-corrected chi connectivity index (χ2v) is 10.1. The molecule has 0 saturated heterocycles. The third-order valence-corrected chi connectivity index (χ3v) is 7.46. The Kier molecular flexibility index (Phi) is 5.73. The van der Waals surface area contributed by atoms with Crippen LogP contribution >= 0.6 is 11.6 Å². The molecule has 2 aromatic heterocycles. The molecule has 1 aliphatic carbocycles. The smallest absolute Gasteiger partial charge is 0.271 e. The van der Waals surface area contributed by atoms with Gasteiger partial charge in [0.25, 0.3) is 5.91 Å². The molecule has 2 amide bonds. The van der Waals surface area contributed by atoms with Crippen molar-refractivity contribution in [3.05, 3.63) is 58.4 Å². The minimum absolute atomic E-state index is 0.0772. The molecule has 6 nitrogen and oxygen atoms in total. The molecule has 2 aliphatic rings. The number of carbonyl (C=O) groups excluding carboxylic acids is 2. The van der Waals surface area contributed by atoms with Crippen molar-refractivity contribution in [2.75, 3.05) is 6.54 Å². The summed E-state index contributed by atoms with van der Waals surface area (Å²) in [4.78, 5) is 29.2. The largest absolute Gasteiger partial charge is 0.460 e. The maximum Gasteiger partial charge on any atom is 0.271 e. The van der Waals surface area contributed by atoms with E-state index in [2.05, 4.69) is 5.32 Å². The van der Waals surface area contributed by atoms with Crippen LogP contribution in [0.4, 0.5) is 0 Å². The van der Waals surface area contributed by atoms with Gasteiger partial charge in [-0.3, -0.25) is 9.59 Å². The van der Waals surface area contributed by atoms with E-state index in [1.807, 2.05) is 48.7 Å². The molecule has 3 aromatic rings. The van der Waals surface area contributed by atoms with Gasteiger partial charge in [-0.25, -0.2) is 0 Å². The minimum Gasteiger partial charge on any atom is -0.460 e. The van der Waals surface area contributed by atoms with Crippen molar-refractivity contribution >= 4 is 34.5 Å². The van der Waals surface area contributed by atoms with Gasteiger partial charge in [0.2, 0.25) is 5.91 Å². The summed E-state index contributed by atoms with van der Waals surface area (Å²) in [5.41, 5.74) is 2.20. The number of aromatic nitrogens is 1. The minimum atomic E-state index is -0.995. The van der Waals surface area contributed by atoms with Gasteiger partial charge < -0.3 is 19.2 Å². The number of hydrogen-bond donors (Lipinski definition) is 1. The van der Waals surface area contributed by atoms with Crippen molar-refractivity contribution in [3.63, 3.8) is 0 Å². The van der Waals surface area contributed by atoms with Crippen LogP contribution in [0.5, 0.6) is 0 Å². The number of fused-ring (bicyclic) bond motifs is 3. The summed E-state index contributed by atoms with van der Waals surface area (Å²) >= 11 is 6.03. The van der Waals surface area contributed by atoms with E-state index in [9.17, 15) is 9.59 Å². The van der Waals surface area contributed by atoms with E-state index in [0.717, 1.165) is 42.5 Å². The molecule has 0 radical (unpaired) electrons. The van der Waals surface area contributed by atoms with Gasteiger partial charge in [-0.05, 0) is 50.8 Å². The summed E-state index contributed by atoms with van der Waals surface area (Å²) in [7, 11) is 0. The van der Waals surface area contributed by atoms with Gasteiger partial charge in [0.1, 0.15) is 17.0 Å². The van der Waals surface area contributed by atoms with Crippen LogP contribution in [0.15, 0.2) is 40.8 Å². The summed E-state index contributed by atoms with van der Waals surface area (Å²) < 4.78 is 7.74. The van der Waals surface area contributed by atoms with Crippen LogP contribution in [0.1, 0.15) is 60.8 Å². The zero-order chi connectivity index (χ0) is 23.2. The lowest BCUT2D eigenvalue weighted by Crippen LogP contribution is -2.65. The number of carbonyl (C=O) groups is 2. The van der Waals surface area contributed by atoms with E-state index in [-0.39, 0.29) is 17.9 Å². The van der Waals surface area contributed by atoms with Crippen molar-refractivity contribution in [3.8, 4) is 0 Å². The number of halogens is 1. The Balaban J connectivity index is 1.48. The number of nitrogens with zero attached hydrogens (tertiary/aromatic N) is 2. The molecular formula is C26H30ClN3O3. The van der Waals surface area contributed by atoms with Gasteiger partial charge in [0.15, 0.2) is 5.58 Å². The third-order valence-electron chi connectivity index (χ3n) is 7.21. The highest BCUT2D eigenvalue weighted by Crippen LogP contribution is 2.34. The van der Waals surface area contributed by atoms with Gasteiger partial charge in [0.05, 0.1) is 12.1 Å². The van der Waals surface area contributed by atoms with Crippen molar-refractivity contribution in [2.45, 2.75) is 70.5 Å². The zero-order valence-corrected chi connectivity index (χ0v) is 20.0. The predicted molar refractivity (Wildman–Crippen MR) is 129 cm³/mol. The molecule has 3 heterocycles. The molecule has 1 fully saturated rings. The summed E-state index contributed by atoms with van der Waals surface area (Å²) in [6.45, 7) is 4.63. The van der Waals surface area contributed by atoms with Crippen LogP contribution in [0.25, 0.3) is 11.1 Å². The first-order valence-electron chi connectivity index (χ1n) is 11.8. The molecule has 1 aromatic carbocycles. The Hall–Kier alpha value is -2.73. The summed E-state index contributed by atoms with van der Waals surface area (Å²) in [5, 5.41) is 3.96. The number of furan rings is 1. The molecule has 174 valence electrons. The average Bonchev–Trinajstić information content (AvgIpc) is 3.32. The van der Waals surface area contributed by atoms with Crippen LogP contribution in [-0.2, 0) is 17.8 Å². The second-order valence-electron chi connectivity index (χ2n) is 9.64. The SMILES string of the molecule is Cc1cc2c(cc3n2CC(C)(C(=O)NC2CCCCC2)N(CCc2ccc(Cl)cc2)C3=O)o1. The van der Waals surface area contributed by atoms with Crippen LogP contribution in [0, 0.1) is 6.92 Å². The van der Waals surface area contributed by atoms with Crippen LogP contribution < -0.4 is 5.32 Å². The van der Waals surface area contributed by atoms with Crippen molar-refractivity contribution < 1.29 is 14.0 Å². The maximum absolute atomic E-state index is 13.7. The molecule has 1 atom stereocenters. The highest BCUT2D eigenvalue weighted by Gasteiger charge is 2.48. The van der Waals surface area contributed by atoms with E-state index < -0.39 is 5.54 Å². The average molecular weight is 468 g/mol. The fourth-order valence-electron chi connectivity index (χ4n) is 5.29. The first-order chi connectivity index (χ1) is 15.8. The highest BCUT2D eigenvalue weighted by molar-refractivity contribution is 6.30. The van der Waals surface area contributed by atoms with E-state index in [1.54, 1.807) is 11.0 Å². The molecule has 0 bridgehead atoms. The molecule has 33 heavy (non-hydrogen) atoms. The van der Waals surface area contributed by atoms with Crippen molar-refractivity contribution in [2.24, 2.45) is 0 Å². The zero-order valence-electron chi connectivity index (χ0n) is 19.2. The predicted octanol–water partition coefficient (Wildman–Crippen LogP) is 5.10. The monoisotopic (exact) mass is 467 g/mol. The fraction of sp³-hybridized carbons (Fsp3) is 0.462. The van der Waals surface area contributed by atoms with Gasteiger partial charge in [-0.2, -0.15) is 0 Å². The number of benzene rings is 1. The van der Waals surface area contributed by atoms with Gasteiger partial charge in [0, 0.05) is 29.7 Å². The van der Waals surface area contributed by atoms with Crippen LogP contribution in [0.2, 0.25) is 5.02 Å². The molecule has 0 spiro atoms. The van der Waals surface area contributed by atoms with Crippen LogP contribution in [-0.4, -0.2) is 39.4 Å². The molecule has 7 heteroatoms. The standard InChI is InChI=1S/C26H30ClN3O3/c1-17-14-21-23(33-17)15-22-24(31)30(13-12-18-8-10-19(27)11-9-18)26(2,16-29(21)22)25(32)28-20-6-4-3-5-7-20/h8-11,14-15,20H,3-7,12-13,16H2,1-2H3,(H,28,32). The van der Waals surface area contributed by atoms with Crippen molar-refractivity contribution in [1.29, 1.82) is 0 Å². The lowest BCUT2D eigenvalue weighted by molar-refractivity contribution is -0.133. The normalized spacial score (nSPS) is 21.4. The lowest BCUT2D eigenvalue weighted by atomic mass is 9.91. The number of hydrogen-bond acceptors (Lipinski definition) is 3. The van der Waals surface area contributed by atoms with E-state index in [1.165, 1.54) is 6.42 Å². The number of amides is 2. The lowest BCUT2D eigenvalue weighted by Gasteiger charge is -2.45. The Bertz CT molecular complexity index is 1190. The van der Waals surface area contributed by atoms with Gasteiger partial charge in [-0.1, -0.05) is 43.0 Å². The number of nitrogens with one attached hydrogen (secondary N) is 1. The molecule has 1 unspecified atom stereocenters. The summed E-state index contributed by atoms with van der Waals surface area (Å²) in [6, 6.07) is 11.6. The van der Waals surface area contributed by atoms with E-state index >= 15 is 0 Å². The Morgan fingerprint density at radius 1 is 1.18 bits per heavy atom. The Labute approximate surface area is 198 Å². The Morgan fingerprint density at radius 3 is 2.64 bits per heavy atom. The van der Waals surface area contributed by atoms with Gasteiger partial charge >= 0.3 is 0 Å². The summed E-state index contributed by atoms with van der Waals surface area (Å²) in [6.07, 6.45) is 6.14. The first-order valence-corrected chi connectivity index (χ1v) is 12.2. The topological polar surface area (TPSA) is 67.5 Å². The highest BCUT2D eigenvalue weighted by atomic mass is 35.5. The van der Waals surface area contributed by atoms with Gasteiger partial charge in [-0.15, -0.1) is 0 Å². The molecule has 1 aliphatic heterocycles. The van der Waals surface area contributed by atoms with Crippen LogP contribution in [0.3, 0.4) is 0 Å². The molecule has 1 N–H and O–H groups in total. The van der Waals surface area contributed by atoms with E-state index in [0.29, 0.717) is 35.8 Å². The molecule has 5 rings (SSSR count).